The van der Waals surface area contributed by atoms with E-state index in [0.717, 1.165) is 11.3 Å². The molecule has 1 saturated heterocycles. The van der Waals surface area contributed by atoms with E-state index in [4.69, 9.17) is 0 Å². The van der Waals surface area contributed by atoms with E-state index in [9.17, 15) is 31.5 Å². The molecule has 0 spiro atoms. The van der Waals surface area contributed by atoms with E-state index in [1.807, 2.05) is 5.32 Å². The summed E-state index contributed by atoms with van der Waals surface area (Å²) in [6.07, 6.45) is 2.42. The van der Waals surface area contributed by atoms with Gasteiger partial charge in [0.25, 0.3) is 17.4 Å². The molecule has 0 saturated carbocycles. The van der Waals surface area contributed by atoms with Crippen LogP contribution < -0.4 is 10.9 Å². The van der Waals surface area contributed by atoms with Crippen molar-refractivity contribution < 1.29 is 26.7 Å². The SMILES string of the molecule is O=C(NCC(F)(F)F)c1cc(-c2cnn3cc(-c4ccn(CCCN5CCC(F)(F)C5)c(=O)c4)cnc23)cs1. The van der Waals surface area contributed by atoms with Crippen molar-refractivity contribution in [3.63, 3.8) is 0 Å². The van der Waals surface area contributed by atoms with Crippen molar-refractivity contribution in [3.8, 4) is 22.3 Å². The van der Waals surface area contributed by atoms with Crippen LogP contribution in [0.1, 0.15) is 22.5 Å². The van der Waals surface area contributed by atoms with Gasteiger partial charge >= 0.3 is 6.18 Å². The Hall–Kier alpha value is -3.65. The van der Waals surface area contributed by atoms with Gasteiger partial charge in [-0.1, -0.05) is 0 Å². The zero-order valence-electron chi connectivity index (χ0n) is 20.4. The number of hydrogen-bond acceptors (Lipinski definition) is 6. The van der Waals surface area contributed by atoms with Crippen LogP contribution in [0.5, 0.6) is 0 Å². The number of aryl methyl sites for hydroxylation is 1. The molecule has 0 bridgehead atoms. The third kappa shape index (κ3) is 6.33. The Morgan fingerprint density at radius 2 is 1.95 bits per heavy atom. The summed E-state index contributed by atoms with van der Waals surface area (Å²) in [5, 5.41) is 7.79. The van der Waals surface area contributed by atoms with Gasteiger partial charge in [0.15, 0.2) is 5.65 Å². The highest BCUT2D eigenvalue weighted by molar-refractivity contribution is 7.12. The number of hydrogen-bond donors (Lipinski definition) is 1. The minimum absolute atomic E-state index is 0.129. The van der Waals surface area contributed by atoms with Gasteiger partial charge in [-0.3, -0.25) is 14.5 Å². The van der Waals surface area contributed by atoms with Crippen molar-refractivity contribution in [2.24, 2.45) is 0 Å². The average Bonchev–Trinajstić information content (AvgIpc) is 3.60. The maximum Gasteiger partial charge on any atom is 0.405 e. The Kier molecular flexibility index (Phi) is 7.25. The highest BCUT2D eigenvalue weighted by atomic mass is 32.1. The molecule has 4 aromatic rings. The van der Waals surface area contributed by atoms with Gasteiger partial charge in [-0.25, -0.2) is 18.3 Å². The molecule has 206 valence electrons. The highest BCUT2D eigenvalue weighted by Gasteiger charge is 2.37. The van der Waals surface area contributed by atoms with Crippen molar-refractivity contribution in [2.45, 2.75) is 31.5 Å². The van der Waals surface area contributed by atoms with Gasteiger partial charge in [0.05, 0.1) is 17.6 Å². The predicted octanol–water partition coefficient (Wildman–Crippen LogP) is 4.31. The first kappa shape index (κ1) is 26.9. The summed E-state index contributed by atoms with van der Waals surface area (Å²) in [4.78, 5) is 31.0. The first-order chi connectivity index (χ1) is 18.5. The summed E-state index contributed by atoms with van der Waals surface area (Å²) in [5.41, 5.74) is 2.69. The Morgan fingerprint density at radius 1 is 1.13 bits per heavy atom. The molecule has 8 nitrogen and oxygen atoms in total. The number of likely N-dealkylation sites (tertiary alicyclic amines) is 1. The van der Waals surface area contributed by atoms with Crippen LogP contribution in [0.4, 0.5) is 22.0 Å². The number of alkyl halides is 5. The summed E-state index contributed by atoms with van der Waals surface area (Å²) in [7, 11) is 0. The molecule has 14 heteroatoms. The lowest BCUT2D eigenvalue weighted by Gasteiger charge is -2.15. The van der Waals surface area contributed by atoms with E-state index >= 15 is 0 Å². The maximum absolute atomic E-state index is 13.3. The molecular weight excluding hydrogens is 543 g/mol. The zero-order chi connectivity index (χ0) is 27.8. The van der Waals surface area contributed by atoms with Crippen molar-refractivity contribution in [3.05, 3.63) is 63.6 Å². The first-order valence-electron chi connectivity index (χ1n) is 12.1. The second-order valence-electron chi connectivity index (χ2n) is 9.35. The van der Waals surface area contributed by atoms with Gasteiger partial charge in [-0.2, -0.15) is 18.3 Å². The molecule has 1 fully saturated rings. The van der Waals surface area contributed by atoms with Crippen LogP contribution in [0.3, 0.4) is 0 Å². The Bertz CT molecular complexity index is 1560. The molecule has 0 atom stereocenters. The van der Waals surface area contributed by atoms with Gasteiger partial charge in [0, 0.05) is 61.8 Å². The molecule has 0 aromatic carbocycles. The van der Waals surface area contributed by atoms with Gasteiger partial charge in [-0.15, -0.1) is 11.3 Å². The Balaban J connectivity index is 1.26. The zero-order valence-corrected chi connectivity index (χ0v) is 21.2. The van der Waals surface area contributed by atoms with Crippen LogP contribution in [0.15, 0.2) is 53.2 Å². The van der Waals surface area contributed by atoms with Crippen LogP contribution in [-0.4, -0.2) is 68.3 Å². The van der Waals surface area contributed by atoms with Crippen LogP contribution in [0, 0.1) is 0 Å². The number of nitrogens with one attached hydrogen (secondary N) is 1. The summed E-state index contributed by atoms with van der Waals surface area (Å²) >= 11 is 1.01. The lowest BCUT2D eigenvalue weighted by Crippen LogP contribution is -2.33. The minimum Gasteiger partial charge on any atom is -0.342 e. The largest absolute Gasteiger partial charge is 0.405 e. The second kappa shape index (κ2) is 10.5. The molecule has 5 rings (SSSR count). The number of thiophene rings is 1. The van der Waals surface area contributed by atoms with Crippen LogP contribution in [0.25, 0.3) is 27.9 Å². The minimum atomic E-state index is -4.50. The predicted molar refractivity (Wildman–Crippen MR) is 135 cm³/mol. The molecule has 1 amide bonds. The number of pyridine rings is 1. The Labute approximate surface area is 222 Å². The number of amides is 1. The fourth-order valence-electron chi connectivity index (χ4n) is 4.43. The third-order valence-corrected chi connectivity index (χ3v) is 7.32. The standard InChI is InChI=1S/C25H23F5N6O2S/c26-24(27)3-7-34(15-24)4-1-5-35-6-2-16(9-21(35)37)18-10-31-22-19(11-33-36(22)12-18)17-8-20(39-13-17)23(38)32-14-25(28,29)30/h2,6,8-13H,1,3-5,7,14-15H2,(H,32,38). The quantitative estimate of drug-likeness (QED) is 0.322. The molecule has 39 heavy (non-hydrogen) atoms. The maximum atomic E-state index is 13.3. The summed E-state index contributed by atoms with van der Waals surface area (Å²) < 4.78 is 66.9. The topological polar surface area (TPSA) is 84.5 Å². The molecule has 4 aromatic heterocycles. The van der Waals surface area contributed by atoms with Gasteiger partial charge in [0.1, 0.15) is 6.54 Å². The Morgan fingerprint density at radius 3 is 2.67 bits per heavy atom. The first-order valence-corrected chi connectivity index (χ1v) is 12.9. The molecular formula is C25H23F5N6O2S. The van der Waals surface area contributed by atoms with Crippen LogP contribution in [0.2, 0.25) is 0 Å². The molecule has 0 radical (unpaired) electrons. The van der Waals surface area contributed by atoms with Crippen molar-refractivity contribution in [1.29, 1.82) is 0 Å². The highest BCUT2D eigenvalue weighted by Crippen LogP contribution is 2.30. The van der Waals surface area contributed by atoms with E-state index in [-0.39, 0.29) is 23.4 Å². The number of carbonyl (C=O) groups excluding carboxylic acids is 1. The fourth-order valence-corrected chi connectivity index (χ4v) is 5.25. The lowest BCUT2D eigenvalue weighted by molar-refractivity contribution is -0.123. The monoisotopic (exact) mass is 566 g/mol. The van der Waals surface area contributed by atoms with E-state index in [2.05, 4.69) is 10.1 Å². The number of carbonyl (C=O) groups is 1. The third-order valence-electron chi connectivity index (χ3n) is 6.39. The number of nitrogens with zero attached hydrogens (tertiary/aromatic N) is 5. The average molecular weight is 567 g/mol. The van der Waals surface area contributed by atoms with Crippen molar-refractivity contribution in [1.82, 2.24) is 29.4 Å². The molecule has 1 aliphatic heterocycles. The summed E-state index contributed by atoms with van der Waals surface area (Å²) in [6.45, 7) is -0.384. The summed E-state index contributed by atoms with van der Waals surface area (Å²) in [5.74, 6) is -3.45. The van der Waals surface area contributed by atoms with Crippen molar-refractivity contribution >= 4 is 22.9 Å². The molecule has 1 N–H and O–H groups in total. The number of aromatic nitrogens is 4. The molecule has 1 aliphatic rings. The smallest absolute Gasteiger partial charge is 0.342 e. The van der Waals surface area contributed by atoms with E-state index in [1.165, 1.54) is 21.2 Å². The van der Waals surface area contributed by atoms with Crippen LogP contribution >= 0.6 is 11.3 Å². The van der Waals surface area contributed by atoms with E-state index in [1.54, 1.807) is 41.1 Å². The van der Waals surface area contributed by atoms with Gasteiger partial charge < -0.3 is 9.88 Å². The number of rotatable bonds is 8. The number of fused-ring (bicyclic) bond motifs is 1. The second-order valence-corrected chi connectivity index (χ2v) is 10.3. The lowest BCUT2D eigenvalue weighted by atomic mass is 10.1. The molecule has 0 aliphatic carbocycles. The van der Waals surface area contributed by atoms with Crippen LogP contribution in [-0.2, 0) is 6.54 Å². The normalized spacial score (nSPS) is 15.7. The van der Waals surface area contributed by atoms with Crippen molar-refractivity contribution in [2.75, 3.05) is 26.2 Å². The summed E-state index contributed by atoms with van der Waals surface area (Å²) in [6, 6.07) is 4.73. The van der Waals surface area contributed by atoms with E-state index in [0.29, 0.717) is 54.0 Å². The van der Waals surface area contributed by atoms with Gasteiger partial charge in [0.2, 0.25) is 0 Å². The van der Waals surface area contributed by atoms with E-state index < -0.39 is 24.6 Å². The number of halogens is 5. The molecule has 5 heterocycles. The van der Waals surface area contributed by atoms with Gasteiger partial charge in [-0.05, 0) is 35.1 Å². The molecule has 0 unspecified atom stereocenters. The fraction of sp³-hybridized carbons (Fsp3) is 0.360.